The number of rotatable bonds is 2. The van der Waals surface area contributed by atoms with Crippen LogP contribution in [0.4, 0.5) is 0 Å². The zero-order chi connectivity index (χ0) is 14.0. The summed E-state index contributed by atoms with van der Waals surface area (Å²) in [5.74, 6) is 0. The van der Waals surface area contributed by atoms with E-state index in [1.54, 1.807) is 5.54 Å². The van der Waals surface area contributed by atoms with Crippen molar-refractivity contribution in [3.05, 3.63) is 11.6 Å². The van der Waals surface area contributed by atoms with E-state index in [1.807, 2.05) is 6.08 Å². The van der Waals surface area contributed by atoms with Gasteiger partial charge in [-0.25, -0.2) is 0 Å². The van der Waals surface area contributed by atoms with Crippen LogP contribution in [0.15, 0.2) is 11.6 Å². The fourth-order valence-corrected chi connectivity index (χ4v) is 2.70. The Morgan fingerprint density at radius 2 is 1.78 bits per heavy atom. The van der Waals surface area contributed by atoms with E-state index in [4.69, 9.17) is 11.6 Å². The van der Waals surface area contributed by atoms with Crippen LogP contribution in [0.5, 0.6) is 0 Å². The number of piperazine rings is 1. The minimum absolute atomic E-state index is 0.288. The molecule has 0 aromatic rings. The lowest BCUT2D eigenvalue weighted by molar-refractivity contribution is 0.0391. The highest BCUT2D eigenvalue weighted by Gasteiger charge is 2.38. The van der Waals surface area contributed by atoms with Gasteiger partial charge in [-0.05, 0) is 10.8 Å². The van der Waals surface area contributed by atoms with Crippen molar-refractivity contribution in [3.63, 3.8) is 0 Å². The standard InChI is InChI=1S/C15H29ClN2/c1-14(2,3)12-11-18(9-7-8-16)13(10-17-12)15(4,5)6/h7-8,12-13,17H,9-11H2,1-6H3/b8-7+. The Hall–Kier alpha value is -0.0500. The zero-order valence-electron chi connectivity index (χ0n) is 12.8. The molecule has 106 valence electrons. The van der Waals surface area contributed by atoms with Gasteiger partial charge in [0.15, 0.2) is 0 Å². The Balaban J connectivity index is 2.79. The molecule has 2 unspecified atom stereocenters. The van der Waals surface area contributed by atoms with Crippen LogP contribution in [0.3, 0.4) is 0 Å². The molecule has 0 bridgehead atoms. The Bertz CT molecular complexity index is 286. The summed E-state index contributed by atoms with van der Waals surface area (Å²) >= 11 is 5.69. The Labute approximate surface area is 118 Å². The number of halogens is 1. The smallest absolute Gasteiger partial charge is 0.0273 e. The summed E-state index contributed by atoms with van der Waals surface area (Å²) in [4.78, 5) is 2.56. The molecular formula is C15H29ClN2. The highest BCUT2D eigenvalue weighted by atomic mass is 35.5. The van der Waals surface area contributed by atoms with Crippen LogP contribution in [0, 0.1) is 10.8 Å². The fraction of sp³-hybridized carbons (Fsp3) is 0.867. The van der Waals surface area contributed by atoms with Crippen LogP contribution in [-0.4, -0.2) is 36.6 Å². The highest BCUT2D eigenvalue weighted by molar-refractivity contribution is 6.25. The Morgan fingerprint density at radius 1 is 1.17 bits per heavy atom. The van der Waals surface area contributed by atoms with Crippen LogP contribution < -0.4 is 5.32 Å². The molecular weight excluding hydrogens is 244 g/mol. The van der Waals surface area contributed by atoms with Gasteiger partial charge in [0.1, 0.15) is 0 Å². The van der Waals surface area contributed by atoms with Gasteiger partial charge < -0.3 is 5.32 Å². The van der Waals surface area contributed by atoms with Crippen molar-refractivity contribution in [2.24, 2.45) is 10.8 Å². The maximum atomic E-state index is 5.69. The average Bonchev–Trinajstić information content (AvgIpc) is 2.23. The minimum Gasteiger partial charge on any atom is -0.311 e. The molecule has 3 heteroatoms. The third-order valence-electron chi connectivity index (χ3n) is 3.89. The van der Waals surface area contributed by atoms with Crippen LogP contribution in [0.1, 0.15) is 41.5 Å². The quantitative estimate of drug-likeness (QED) is 0.828. The maximum Gasteiger partial charge on any atom is 0.0273 e. The fourth-order valence-electron chi connectivity index (χ4n) is 2.62. The molecule has 18 heavy (non-hydrogen) atoms. The van der Waals surface area contributed by atoms with Crippen molar-refractivity contribution < 1.29 is 0 Å². The third kappa shape index (κ3) is 4.25. The van der Waals surface area contributed by atoms with E-state index in [2.05, 4.69) is 51.8 Å². The number of nitrogens with one attached hydrogen (secondary N) is 1. The van der Waals surface area contributed by atoms with Crippen molar-refractivity contribution >= 4 is 11.6 Å². The predicted molar refractivity (Wildman–Crippen MR) is 81.1 cm³/mol. The summed E-state index contributed by atoms with van der Waals surface area (Å²) in [6.07, 6.45) is 2.05. The normalized spacial score (nSPS) is 27.9. The van der Waals surface area contributed by atoms with Gasteiger partial charge in [-0.3, -0.25) is 4.90 Å². The van der Waals surface area contributed by atoms with Crippen LogP contribution in [-0.2, 0) is 0 Å². The molecule has 1 N–H and O–H groups in total. The molecule has 1 fully saturated rings. The summed E-state index contributed by atoms with van der Waals surface area (Å²) in [6.45, 7) is 16.9. The number of hydrogen-bond acceptors (Lipinski definition) is 2. The molecule has 0 amide bonds. The highest BCUT2D eigenvalue weighted by Crippen LogP contribution is 2.30. The summed E-state index contributed by atoms with van der Waals surface area (Å²) in [5.41, 5.74) is 2.22. The summed E-state index contributed by atoms with van der Waals surface area (Å²) in [7, 11) is 0. The maximum absolute atomic E-state index is 5.69. The van der Waals surface area contributed by atoms with E-state index >= 15 is 0 Å². The largest absolute Gasteiger partial charge is 0.311 e. The molecule has 0 radical (unpaired) electrons. The van der Waals surface area contributed by atoms with Gasteiger partial charge in [-0.2, -0.15) is 0 Å². The van der Waals surface area contributed by atoms with E-state index in [0.29, 0.717) is 17.5 Å². The second-order valence-corrected chi connectivity index (χ2v) is 7.78. The molecule has 1 aliphatic rings. The van der Waals surface area contributed by atoms with E-state index in [9.17, 15) is 0 Å². The van der Waals surface area contributed by atoms with Crippen LogP contribution in [0.2, 0.25) is 0 Å². The van der Waals surface area contributed by atoms with Crippen molar-refractivity contribution in [1.29, 1.82) is 0 Å². The summed E-state index contributed by atoms with van der Waals surface area (Å²) in [6, 6.07) is 1.10. The SMILES string of the molecule is CC(C)(C)C1CN(C/C=C/Cl)C(C(C)(C)C)CN1. The second-order valence-electron chi connectivity index (χ2n) is 7.52. The lowest BCUT2D eigenvalue weighted by atomic mass is 9.79. The van der Waals surface area contributed by atoms with Crippen molar-refractivity contribution in [1.82, 2.24) is 10.2 Å². The summed E-state index contributed by atoms with van der Waals surface area (Å²) < 4.78 is 0. The minimum atomic E-state index is 0.288. The van der Waals surface area contributed by atoms with E-state index < -0.39 is 0 Å². The first-order chi connectivity index (χ1) is 8.16. The van der Waals surface area contributed by atoms with Crippen molar-refractivity contribution in [2.75, 3.05) is 19.6 Å². The van der Waals surface area contributed by atoms with Gasteiger partial charge in [0.25, 0.3) is 0 Å². The van der Waals surface area contributed by atoms with Crippen LogP contribution >= 0.6 is 11.6 Å². The van der Waals surface area contributed by atoms with Gasteiger partial charge in [-0.1, -0.05) is 59.2 Å². The topological polar surface area (TPSA) is 15.3 Å². The number of nitrogens with zero attached hydrogens (tertiary/aromatic N) is 1. The average molecular weight is 273 g/mol. The monoisotopic (exact) mass is 272 g/mol. The summed E-state index contributed by atoms with van der Waals surface area (Å²) in [5, 5.41) is 3.72. The molecule has 2 atom stereocenters. The molecule has 0 saturated carbocycles. The molecule has 1 heterocycles. The van der Waals surface area contributed by atoms with E-state index in [0.717, 1.165) is 19.6 Å². The lowest BCUT2D eigenvalue weighted by Crippen LogP contribution is -2.63. The van der Waals surface area contributed by atoms with Gasteiger partial charge in [0.05, 0.1) is 0 Å². The lowest BCUT2D eigenvalue weighted by Gasteiger charge is -2.49. The van der Waals surface area contributed by atoms with E-state index in [-0.39, 0.29) is 5.41 Å². The molecule has 0 aromatic heterocycles. The van der Waals surface area contributed by atoms with Gasteiger partial charge in [0.2, 0.25) is 0 Å². The second kappa shape index (κ2) is 5.94. The third-order valence-corrected chi connectivity index (χ3v) is 4.07. The molecule has 0 spiro atoms. The van der Waals surface area contributed by atoms with Gasteiger partial charge >= 0.3 is 0 Å². The zero-order valence-corrected chi connectivity index (χ0v) is 13.5. The first-order valence-corrected chi connectivity index (χ1v) is 7.32. The molecule has 0 aromatic carbocycles. The predicted octanol–water partition coefficient (Wildman–Crippen LogP) is 3.47. The first kappa shape index (κ1) is 16.0. The molecule has 0 aliphatic carbocycles. The van der Waals surface area contributed by atoms with Crippen LogP contribution in [0.25, 0.3) is 0 Å². The van der Waals surface area contributed by atoms with Gasteiger partial charge in [-0.15, -0.1) is 0 Å². The Kier molecular flexibility index (Phi) is 5.28. The van der Waals surface area contributed by atoms with E-state index in [1.165, 1.54) is 0 Å². The molecule has 1 saturated heterocycles. The van der Waals surface area contributed by atoms with Crippen molar-refractivity contribution in [2.45, 2.75) is 53.6 Å². The number of hydrogen-bond donors (Lipinski definition) is 1. The van der Waals surface area contributed by atoms with Crippen molar-refractivity contribution in [3.8, 4) is 0 Å². The first-order valence-electron chi connectivity index (χ1n) is 6.89. The van der Waals surface area contributed by atoms with Gasteiger partial charge in [0, 0.05) is 37.3 Å². The molecule has 1 rings (SSSR count). The molecule has 1 aliphatic heterocycles. The Morgan fingerprint density at radius 3 is 2.22 bits per heavy atom. The molecule has 2 nitrogen and oxygen atoms in total.